The van der Waals surface area contributed by atoms with E-state index in [1.165, 1.54) is 12.0 Å². The molecule has 2 aliphatic heterocycles. The number of nitrogens with zero attached hydrogens (tertiary/aromatic N) is 1. The minimum absolute atomic E-state index is 0.0178. The number of carbonyl (C=O) groups is 2. The molecule has 1 saturated heterocycles. The first kappa shape index (κ1) is 10.5. The Balaban J connectivity index is 2.32. The van der Waals surface area contributed by atoms with Crippen molar-refractivity contribution in [3.05, 3.63) is 11.3 Å². The summed E-state index contributed by atoms with van der Waals surface area (Å²) in [6.07, 6.45) is 0.446. The maximum atomic E-state index is 11.3. The van der Waals surface area contributed by atoms with E-state index in [1.807, 2.05) is 0 Å². The molecule has 0 aromatic heterocycles. The number of thioether (sulfide) groups is 1. The van der Waals surface area contributed by atoms with E-state index in [2.05, 4.69) is 0 Å². The summed E-state index contributed by atoms with van der Waals surface area (Å²) in [6.45, 7) is 0.269. The van der Waals surface area contributed by atoms with Crippen molar-refractivity contribution in [3.8, 4) is 0 Å². The third-order valence-corrected chi connectivity index (χ3v) is 3.73. The maximum Gasteiger partial charge on any atom is 0.352 e. The van der Waals surface area contributed by atoms with Crippen LogP contribution >= 0.6 is 11.8 Å². The SMILES string of the molecule is COCC1=C(C(=O)O)N2C(=O)C[C@@H]2SC1. The van der Waals surface area contributed by atoms with Gasteiger partial charge < -0.3 is 9.84 Å². The zero-order chi connectivity index (χ0) is 11.0. The monoisotopic (exact) mass is 229 g/mol. The summed E-state index contributed by atoms with van der Waals surface area (Å²) in [7, 11) is 1.52. The number of carboxylic acids is 1. The van der Waals surface area contributed by atoms with Crippen molar-refractivity contribution in [2.45, 2.75) is 11.8 Å². The van der Waals surface area contributed by atoms with Crippen LogP contribution in [0.2, 0.25) is 0 Å². The number of rotatable bonds is 3. The largest absolute Gasteiger partial charge is 0.477 e. The molecule has 0 aromatic rings. The van der Waals surface area contributed by atoms with Gasteiger partial charge in [0.2, 0.25) is 5.91 Å². The molecule has 2 heterocycles. The summed E-state index contributed by atoms with van der Waals surface area (Å²) >= 11 is 1.59. The van der Waals surface area contributed by atoms with Crippen LogP contribution in [0.3, 0.4) is 0 Å². The highest BCUT2D eigenvalue weighted by atomic mass is 32.2. The normalized spacial score (nSPS) is 25.0. The third kappa shape index (κ3) is 1.63. The van der Waals surface area contributed by atoms with E-state index < -0.39 is 5.97 Å². The fourth-order valence-corrected chi connectivity index (χ4v) is 3.01. The van der Waals surface area contributed by atoms with E-state index in [-0.39, 0.29) is 23.6 Å². The first-order valence-corrected chi connectivity index (χ1v) is 5.58. The molecule has 0 radical (unpaired) electrons. The molecule has 2 rings (SSSR count). The number of carbonyl (C=O) groups excluding carboxylic acids is 1. The molecule has 1 amide bonds. The van der Waals surface area contributed by atoms with Crippen LogP contribution in [0.1, 0.15) is 6.42 Å². The van der Waals surface area contributed by atoms with Gasteiger partial charge in [-0.2, -0.15) is 0 Å². The van der Waals surface area contributed by atoms with E-state index in [4.69, 9.17) is 9.84 Å². The molecule has 6 heteroatoms. The predicted molar refractivity (Wildman–Crippen MR) is 54.2 cm³/mol. The molecule has 1 N–H and O–H groups in total. The fraction of sp³-hybridized carbons (Fsp3) is 0.556. The van der Waals surface area contributed by atoms with Crippen LogP contribution in [0.5, 0.6) is 0 Å². The van der Waals surface area contributed by atoms with E-state index in [9.17, 15) is 9.59 Å². The molecule has 15 heavy (non-hydrogen) atoms. The highest BCUT2D eigenvalue weighted by molar-refractivity contribution is 8.00. The lowest BCUT2D eigenvalue weighted by molar-refractivity contribution is -0.146. The number of fused-ring (bicyclic) bond motifs is 1. The van der Waals surface area contributed by atoms with Gasteiger partial charge >= 0.3 is 5.97 Å². The smallest absolute Gasteiger partial charge is 0.352 e. The third-order valence-electron chi connectivity index (χ3n) is 2.45. The molecule has 0 saturated carbocycles. The van der Waals surface area contributed by atoms with E-state index in [0.717, 1.165) is 0 Å². The van der Waals surface area contributed by atoms with Crippen molar-refractivity contribution in [2.75, 3.05) is 19.5 Å². The number of methoxy groups -OCH3 is 1. The molecule has 5 nitrogen and oxygen atoms in total. The number of aliphatic carboxylic acids is 1. The molecule has 0 bridgehead atoms. The van der Waals surface area contributed by atoms with Crippen LogP contribution in [0.4, 0.5) is 0 Å². The molecule has 1 atom stereocenters. The van der Waals surface area contributed by atoms with Crippen LogP contribution in [-0.4, -0.2) is 46.7 Å². The lowest BCUT2D eigenvalue weighted by atomic mass is 10.1. The van der Waals surface area contributed by atoms with Crippen molar-refractivity contribution in [3.63, 3.8) is 0 Å². The van der Waals surface area contributed by atoms with Crippen LogP contribution in [0.25, 0.3) is 0 Å². The predicted octanol–water partition coefficient (Wildman–Crippen LogP) is 0.277. The van der Waals surface area contributed by atoms with Crippen LogP contribution in [-0.2, 0) is 14.3 Å². The summed E-state index contributed by atoms with van der Waals surface area (Å²) in [5, 5.41) is 9.08. The molecule has 0 aromatic carbocycles. The molecular formula is C9H11NO4S. The molecule has 1 fully saturated rings. The zero-order valence-corrected chi connectivity index (χ0v) is 9.04. The van der Waals surface area contributed by atoms with Crippen molar-refractivity contribution in [1.29, 1.82) is 0 Å². The molecule has 2 aliphatic rings. The second-order valence-corrected chi connectivity index (χ2v) is 4.59. The number of β-lactam (4-membered cyclic amide) rings is 1. The van der Waals surface area contributed by atoms with Crippen LogP contribution in [0, 0.1) is 0 Å². The molecule has 0 unspecified atom stereocenters. The second kappa shape index (κ2) is 3.86. The summed E-state index contributed by atoms with van der Waals surface area (Å²) < 4.78 is 4.93. The lowest BCUT2D eigenvalue weighted by Gasteiger charge is -2.43. The highest BCUT2D eigenvalue weighted by Crippen LogP contribution is 2.39. The van der Waals surface area contributed by atoms with Gasteiger partial charge in [-0.1, -0.05) is 0 Å². The highest BCUT2D eigenvalue weighted by Gasteiger charge is 2.45. The zero-order valence-electron chi connectivity index (χ0n) is 8.23. The van der Waals surface area contributed by atoms with Gasteiger partial charge in [0, 0.05) is 12.9 Å². The number of hydrogen-bond donors (Lipinski definition) is 1. The molecule has 0 aliphatic carbocycles. The molecule has 82 valence electrons. The summed E-state index contributed by atoms with van der Waals surface area (Å²) in [5.74, 6) is -0.525. The van der Waals surface area contributed by atoms with Gasteiger partial charge in [-0.25, -0.2) is 4.79 Å². The summed E-state index contributed by atoms with van der Waals surface area (Å²) in [5.41, 5.74) is 0.802. The number of amides is 1. The average molecular weight is 229 g/mol. The van der Waals surface area contributed by atoms with Crippen molar-refractivity contribution < 1.29 is 19.4 Å². The maximum absolute atomic E-state index is 11.3. The molecular weight excluding hydrogens is 218 g/mol. The lowest BCUT2D eigenvalue weighted by Crippen LogP contribution is -2.54. The van der Waals surface area contributed by atoms with E-state index >= 15 is 0 Å². The Morgan fingerprint density at radius 2 is 2.47 bits per heavy atom. The van der Waals surface area contributed by atoms with Crippen LogP contribution < -0.4 is 0 Å². The topological polar surface area (TPSA) is 66.8 Å². The number of ether oxygens (including phenoxy) is 1. The average Bonchev–Trinajstić information content (AvgIpc) is 2.18. The van der Waals surface area contributed by atoms with E-state index in [0.29, 0.717) is 17.7 Å². The van der Waals surface area contributed by atoms with Gasteiger partial charge in [-0.15, -0.1) is 11.8 Å². The fourth-order valence-electron chi connectivity index (χ4n) is 1.76. The minimum atomic E-state index is -1.04. The first-order valence-electron chi connectivity index (χ1n) is 4.53. The standard InChI is InChI=1S/C9H11NO4S/c1-14-3-5-4-15-7-2-6(11)10(7)8(5)9(12)13/h7H,2-4H2,1H3,(H,12,13)/t7-/m0/s1. The minimum Gasteiger partial charge on any atom is -0.477 e. The number of carboxylic acid groups (broad SMARTS) is 1. The summed E-state index contributed by atoms with van der Waals surface area (Å²) in [4.78, 5) is 23.7. The Bertz CT molecular complexity index is 352. The van der Waals surface area contributed by atoms with Crippen molar-refractivity contribution in [1.82, 2.24) is 4.90 Å². The Labute approximate surface area is 91.1 Å². The molecule has 0 spiro atoms. The van der Waals surface area contributed by atoms with Crippen molar-refractivity contribution in [2.24, 2.45) is 0 Å². The van der Waals surface area contributed by atoms with Gasteiger partial charge in [-0.3, -0.25) is 9.69 Å². The Hall–Kier alpha value is -1.01. The van der Waals surface area contributed by atoms with Gasteiger partial charge in [0.15, 0.2) is 0 Å². The van der Waals surface area contributed by atoms with Crippen molar-refractivity contribution >= 4 is 23.6 Å². The van der Waals surface area contributed by atoms with Crippen LogP contribution in [0.15, 0.2) is 11.3 Å². The Morgan fingerprint density at radius 1 is 1.73 bits per heavy atom. The quantitative estimate of drug-likeness (QED) is 0.704. The summed E-state index contributed by atoms with van der Waals surface area (Å²) in [6, 6.07) is 0. The number of hydrogen-bond acceptors (Lipinski definition) is 4. The van der Waals surface area contributed by atoms with Gasteiger partial charge in [0.1, 0.15) is 5.70 Å². The second-order valence-electron chi connectivity index (χ2n) is 3.42. The Kier molecular flexibility index (Phi) is 2.70. The van der Waals surface area contributed by atoms with Gasteiger partial charge in [0.05, 0.1) is 18.4 Å². The first-order chi connectivity index (χ1) is 7.15. The van der Waals surface area contributed by atoms with Gasteiger partial charge in [-0.05, 0) is 5.57 Å². The van der Waals surface area contributed by atoms with Gasteiger partial charge in [0.25, 0.3) is 0 Å². The Morgan fingerprint density at radius 3 is 3.00 bits per heavy atom. The van der Waals surface area contributed by atoms with E-state index in [1.54, 1.807) is 11.8 Å².